The van der Waals surface area contributed by atoms with Crippen molar-refractivity contribution in [2.24, 2.45) is 0 Å². The van der Waals surface area contributed by atoms with Gasteiger partial charge in [0.05, 0.1) is 11.1 Å². The van der Waals surface area contributed by atoms with Crippen molar-refractivity contribution in [2.75, 3.05) is 6.26 Å². The molecule has 11 heteroatoms. The summed E-state index contributed by atoms with van der Waals surface area (Å²) in [5.41, 5.74) is -0.214. The van der Waals surface area contributed by atoms with Crippen LogP contribution in [0.2, 0.25) is 0 Å². The first-order chi connectivity index (χ1) is 14.8. The molecule has 3 rings (SSSR count). The molecule has 0 spiro atoms. The lowest BCUT2D eigenvalue weighted by molar-refractivity contribution is -0.143. The molecule has 0 bridgehead atoms. The molecule has 0 saturated carbocycles. The number of nitrogens with zero attached hydrogens (tertiary/aromatic N) is 2. The molecule has 0 amide bonds. The van der Waals surface area contributed by atoms with Crippen molar-refractivity contribution in [1.82, 2.24) is 9.78 Å². The van der Waals surface area contributed by atoms with Gasteiger partial charge in [-0.3, -0.25) is 4.79 Å². The minimum absolute atomic E-state index is 0.0294. The third-order valence-electron chi connectivity index (χ3n) is 4.56. The van der Waals surface area contributed by atoms with Crippen LogP contribution in [-0.4, -0.2) is 30.6 Å². The molecule has 3 aromatic rings. The van der Waals surface area contributed by atoms with Crippen molar-refractivity contribution in [3.05, 3.63) is 76.5 Å². The second-order valence-corrected chi connectivity index (χ2v) is 9.09. The molecule has 1 atom stereocenters. The number of aromatic nitrogens is 2. The highest BCUT2D eigenvalue weighted by Gasteiger charge is 2.30. The number of hydrogen-bond acceptors (Lipinski definition) is 5. The highest BCUT2D eigenvalue weighted by atomic mass is 32.2. The van der Waals surface area contributed by atoms with Crippen LogP contribution in [-0.2, 0) is 16.4 Å². The molecule has 2 aromatic carbocycles. The molecule has 0 fully saturated rings. The SMILES string of the molecule is CC(Oc1c(-c2ccc(S(C)(=O)=O)cc2)cnn(CC(F)(F)F)c1=O)c1ccc(F)cc1. The summed E-state index contributed by atoms with van der Waals surface area (Å²) in [6.07, 6.45) is -3.41. The lowest BCUT2D eigenvalue weighted by Gasteiger charge is -2.19. The van der Waals surface area contributed by atoms with E-state index in [0.717, 1.165) is 12.5 Å². The number of alkyl halides is 3. The minimum Gasteiger partial charge on any atom is -0.480 e. The Morgan fingerprint density at radius 2 is 1.66 bits per heavy atom. The Bertz CT molecular complexity index is 1270. The highest BCUT2D eigenvalue weighted by molar-refractivity contribution is 7.90. The molecular formula is C21H18F4N2O4S. The van der Waals surface area contributed by atoms with E-state index in [1.807, 2.05) is 0 Å². The van der Waals surface area contributed by atoms with Crippen molar-refractivity contribution in [1.29, 1.82) is 0 Å². The van der Waals surface area contributed by atoms with Gasteiger partial charge in [0.1, 0.15) is 18.5 Å². The Kier molecular flexibility index (Phi) is 6.40. The largest absolute Gasteiger partial charge is 0.480 e. The molecular weight excluding hydrogens is 452 g/mol. The quantitative estimate of drug-likeness (QED) is 0.506. The Morgan fingerprint density at radius 1 is 1.06 bits per heavy atom. The molecule has 1 unspecified atom stereocenters. The van der Waals surface area contributed by atoms with Crippen molar-refractivity contribution < 1.29 is 30.7 Å². The molecule has 0 aliphatic rings. The molecule has 1 aromatic heterocycles. The number of halogens is 4. The summed E-state index contributed by atoms with van der Waals surface area (Å²) < 4.78 is 81.1. The maximum absolute atomic E-state index is 13.2. The number of rotatable bonds is 6. The summed E-state index contributed by atoms with van der Waals surface area (Å²) in [5, 5.41) is 3.60. The summed E-state index contributed by atoms with van der Waals surface area (Å²) in [5.74, 6) is -0.878. The van der Waals surface area contributed by atoms with E-state index in [2.05, 4.69) is 5.10 Å². The zero-order chi connectivity index (χ0) is 23.7. The summed E-state index contributed by atoms with van der Waals surface area (Å²) in [7, 11) is -3.47. The number of sulfone groups is 1. The molecule has 170 valence electrons. The van der Waals surface area contributed by atoms with E-state index < -0.39 is 45.8 Å². The average Bonchev–Trinajstić information content (AvgIpc) is 2.70. The topological polar surface area (TPSA) is 78.3 Å². The van der Waals surface area contributed by atoms with Crippen molar-refractivity contribution in [2.45, 2.75) is 30.6 Å². The molecule has 6 nitrogen and oxygen atoms in total. The first-order valence-corrected chi connectivity index (χ1v) is 11.1. The lowest BCUT2D eigenvalue weighted by atomic mass is 10.1. The van der Waals surface area contributed by atoms with E-state index >= 15 is 0 Å². The Hall–Kier alpha value is -3.21. The maximum atomic E-state index is 13.2. The predicted octanol–water partition coefficient (Wildman–Crippen LogP) is 4.16. The molecule has 32 heavy (non-hydrogen) atoms. The number of ether oxygens (including phenoxy) is 1. The first-order valence-electron chi connectivity index (χ1n) is 9.24. The monoisotopic (exact) mass is 470 g/mol. The second-order valence-electron chi connectivity index (χ2n) is 7.07. The maximum Gasteiger partial charge on any atom is 0.408 e. The van der Waals surface area contributed by atoms with E-state index in [4.69, 9.17) is 4.74 Å². The summed E-state index contributed by atoms with van der Waals surface area (Å²) >= 11 is 0. The van der Waals surface area contributed by atoms with E-state index in [-0.39, 0.29) is 15.1 Å². The van der Waals surface area contributed by atoms with Gasteiger partial charge in [-0.05, 0) is 42.3 Å². The third kappa shape index (κ3) is 5.52. The molecule has 0 N–H and O–H groups in total. The van der Waals surface area contributed by atoms with Gasteiger partial charge < -0.3 is 4.74 Å². The average molecular weight is 470 g/mol. The van der Waals surface area contributed by atoms with Gasteiger partial charge >= 0.3 is 11.7 Å². The summed E-state index contributed by atoms with van der Waals surface area (Å²) in [4.78, 5) is 12.8. The van der Waals surface area contributed by atoms with Crippen LogP contribution in [0.4, 0.5) is 17.6 Å². The molecule has 0 aliphatic carbocycles. The zero-order valence-corrected chi connectivity index (χ0v) is 17.7. The van der Waals surface area contributed by atoms with Crippen molar-refractivity contribution >= 4 is 9.84 Å². The van der Waals surface area contributed by atoms with Crippen LogP contribution in [0.5, 0.6) is 5.75 Å². The molecule has 0 radical (unpaired) electrons. The van der Waals surface area contributed by atoms with Crippen LogP contribution in [0.1, 0.15) is 18.6 Å². The summed E-state index contributed by atoms with van der Waals surface area (Å²) in [6, 6.07) is 10.6. The van der Waals surface area contributed by atoms with Crippen LogP contribution in [0.3, 0.4) is 0 Å². The summed E-state index contributed by atoms with van der Waals surface area (Å²) in [6.45, 7) is -0.0574. The minimum atomic E-state index is -4.69. The van der Waals surface area contributed by atoms with Crippen molar-refractivity contribution in [3.63, 3.8) is 0 Å². The first kappa shape index (κ1) is 23.5. The third-order valence-corrected chi connectivity index (χ3v) is 5.68. The van der Waals surface area contributed by atoms with Gasteiger partial charge in [0.2, 0.25) is 0 Å². The molecule has 1 heterocycles. The normalized spacial score (nSPS) is 13.1. The lowest BCUT2D eigenvalue weighted by Crippen LogP contribution is -2.31. The number of benzene rings is 2. The van der Waals surface area contributed by atoms with Gasteiger partial charge in [0.15, 0.2) is 15.6 Å². The standard InChI is InChI=1S/C21H18F4N2O4S/c1-13(14-3-7-16(22)8-4-14)31-19-18(11-26-27(20(19)28)12-21(23,24)25)15-5-9-17(10-6-15)32(2,29)30/h3-11,13H,12H2,1-2H3. The number of hydrogen-bond donors (Lipinski definition) is 0. The van der Waals surface area contributed by atoms with E-state index in [1.54, 1.807) is 6.92 Å². The second kappa shape index (κ2) is 8.73. The molecule has 0 saturated heterocycles. The predicted molar refractivity (Wildman–Crippen MR) is 109 cm³/mol. The van der Waals surface area contributed by atoms with Gasteiger partial charge in [-0.2, -0.15) is 18.3 Å². The van der Waals surface area contributed by atoms with E-state index in [0.29, 0.717) is 11.1 Å². The van der Waals surface area contributed by atoms with Crippen LogP contribution >= 0.6 is 0 Å². The van der Waals surface area contributed by atoms with Gasteiger partial charge in [0.25, 0.3) is 0 Å². The van der Waals surface area contributed by atoms with Crippen molar-refractivity contribution in [3.8, 4) is 16.9 Å². The van der Waals surface area contributed by atoms with Gasteiger partial charge in [-0.1, -0.05) is 24.3 Å². The van der Waals surface area contributed by atoms with E-state index in [9.17, 15) is 30.8 Å². The van der Waals surface area contributed by atoms with E-state index in [1.165, 1.54) is 48.5 Å². The smallest absolute Gasteiger partial charge is 0.408 e. The fourth-order valence-electron chi connectivity index (χ4n) is 2.93. The Balaban J connectivity index is 2.09. The fraction of sp³-hybridized carbons (Fsp3) is 0.238. The molecule has 0 aliphatic heterocycles. The zero-order valence-electron chi connectivity index (χ0n) is 16.9. The Morgan fingerprint density at radius 3 is 2.19 bits per heavy atom. The van der Waals surface area contributed by atoms with Crippen LogP contribution in [0, 0.1) is 5.82 Å². The van der Waals surface area contributed by atoms with Gasteiger partial charge in [-0.15, -0.1) is 0 Å². The van der Waals surface area contributed by atoms with Crippen LogP contribution in [0.25, 0.3) is 11.1 Å². The Labute approximate surface area is 181 Å². The highest BCUT2D eigenvalue weighted by Crippen LogP contribution is 2.31. The van der Waals surface area contributed by atoms with Crippen LogP contribution < -0.4 is 10.3 Å². The fourth-order valence-corrected chi connectivity index (χ4v) is 3.56. The van der Waals surface area contributed by atoms with Gasteiger partial charge in [0, 0.05) is 11.8 Å². The van der Waals surface area contributed by atoms with Crippen LogP contribution in [0.15, 0.2) is 64.4 Å². The van der Waals surface area contributed by atoms with Gasteiger partial charge in [-0.25, -0.2) is 17.5 Å².